The lowest BCUT2D eigenvalue weighted by Gasteiger charge is -2.23. The van der Waals surface area contributed by atoms with Crippen LogP contribution in [-0.4, -0.2) is 25.5 Å². The molecule has 1 aliphatic carbocycles. The topological polar surface area (TPSA) is 52.6 Å². The molecule has 0 heterocycles. The van der Waals surface area contributed by atoms with Crippen molar-refractivity contribution in [1.82, 2.24) is 0 Å². The van der Waals surface area contributed by atoms with E-state index in [1.165, 1.54) is 0 Å². The highest BCUT2D eigenvalue weighted by atomic mass is 16.5. The lowest BCUT2D eigenvalue weighted by atomic mass is 9.80. The van der Waals surface area contributed by atoms with Gasteiger partial charge < -0.3 is 9.47 Å². The first-order valence-corrected chi connectivity index (χ1v) is 7.02. The predicted molar refractivity (Wildman–Crippen MR) is 75.0 cm³/mol. The molecule has 1 atom stereocenters. The van der Waals surface area contributed by atoms with Crippen molar-refractivity contribution in [2.45, 2.75) is 32.6 Å². The molecule has 1 aliphatic rings. The van der Waals surface area contributed by atoms with Crippen molar-refractivity contribution in [2.75, 3.05) is 13.7 Å². The second-order valence-electron chi connectivity index (χ2n) is 4.97. The van der Waals surface area contributed by atoms with E-state index in [9.17, 15) is 9.59 Å². The average Bonchev–Trinajstić information content (AvgIpc) is 2.46. The van der Waals surface area contributed by atoms with Crippen molar-refractivity contribution < 1.29 is 19.1 Å². The third kappa shape index (κ3) is 3.18. The normalized spacial score (nSPS) is 17.5. The molecule has 0 aromatic heterocycles. The molecule has 0 bridgehead atoms. The standard InChI is InChI=1S/C16H20O4/c1-3-20-15(17)9-6-11-4-5-12-10-13(19-2)7-8-14(12)16(11)18/h7-8,10-11H,3-6,9H2,1-2H3. The summed E-state index contributed by atoms with van der Waals surface area (Å²) < 4.78 is 10.1. The van der Waals surface area contributed by atoms with E-state index in [-0.39, 0.29) is 17.7 Å². The fraction of sp³-hybridized carbons (Fsp3) is 0.500. The molecule has 108 valence electrons. The minimum absolute atomic E-state index is 0.0692. The van der Waals surface area contributed by atoms with Gasteiger partial charge in [-0.05, 0) is 49.9 Å². The maximum absolute atomic E-state index is 12.4. The molecule has 1 unspecified atom stereocenters. The smallest absolute Gasteiger partial charge is 0.305 e. The van der Waals surface area contributed by atoms with Crippen LogP contribution in [0.4, 0.5) is 0 Å². The van der Waals surface area contributed by atoms with E-state index in [1.807, 2.05) is 18.2 Å². The van der Waals surface area contributed by atoms with E-state index in [0.717, 1.165) is 29.7 Å². The number of hydrogen-bond donors (Lipinski definition) is 0. The number of fused-ring (bicyclic) bond motifs is 1. The van der Waals surface area contributed by atoms with Crippen molar-refractivity contribution in [3.05, 3.63) is 29.3 Å². The lowest BCUT2D eigenvalue weighted by Crippen LogP contribution is -2.23. The first-order chi connectivity index (χ1) is 9.65. The Morgan fingerprint density at radius 2 is 2.20 bits per heavy atom. The van der Waals surface area contributed by atoms with Crippen molar-refractivity contribution in [1.29, 1.82) is 0 Å². The second-order valence-corrected chi connectivity index (χ2v) is 4.97. The van der Waals surface area contributed by atoms with Gasteiger partial charge in [-0.1, -0.05) is 0 Å². The summed E-state index contributed by atoms with van der Waals surface area (Å²) in [4.78, 5) is 23.8. The Labute approximate surface area is 119 Å². The zero-order chi connectivity index (χ0) is 14.5. The molecular formula is C16H20O4. The Morgan fingerprint density at radius 1 is 1.40 bits per heavy atom. The summed E-state index contributed by atoms with van der Waals surface area (Å²) >= 11 is 0. The number of carbonyl (C=O) groups excluding carboxylic acids is 2. The van der Waals surface area contributed by atoms with Gasteiger partial charge in [0, 0.05) is 17.9 Å². The average molecular weight is 276 g/mol. The van der Waals surface area contributed by atoms with Gasteiger partial charge in [-0.15, -0.1) is 0 Å². The van der Waals surface area contributed by atoms with Crippen molar-refractivity contribution >= 4 is 11.8 Å². The summed E-state index contributed by atoms with van der Waals surface area (Å²) in [6.07, 6.45) is 2.53. The summed E-state index contributed by atoms with van der Waals surface area (Å²) in [5, 5.41) is 0. The monoisotopic (exact) mass is 276 g/mol. The van der Waals surface area contributed by atoms with Gasteiger partial charge >= 0.3 is 5.97 Å². The summed E-state index contributed by atoms with van der Waals surface area (Å²) in [6.45, 7) is 2.17. The third-order valence-electron chi connectivity index (χ3n) is 3.71. The van der Waals surface area contributed by atoms with Gasteiger partial charge in [0.15, 0.2) is 5.78 Å². The molecule has 0 spiro atoms. The molecule has 0 fully saturated rings. The van der Waals surface area contributed by atoms with Gasteiger partial charge in [0.1, 0.15) is 5.75 Å². The Hall–Kier alpha value is -1.84. The first kappa shape index (κ1) is 14.6. The summed E-state index contributed by atoms with van der Waals surface area (Å²) in [5.41, 5.74) is 1.81. The summed E-state index contributed by atoms with van der Waals surface area (Å²) in [7, 11) is 1.62. The molecule has 0 aliphatic heterocycles. The molecule has 1 aromatic carbocycles. The molecular weight excluding hydrogens is 256 g/mol. The zero-order valence-electron chi connectivity index (χ0n) is 12.0. The Morgan fingerprint density at radius 3 is 2.90 bits per heavy atom. The van der Waals surface area contributed by atoms with Crippen LogP contribution < -0.4 is 4.74 Å². The van der Waals surface area contributed by atoms with E-state index < -0.39 is 0 Å². The van der Waals surface area contributed by atoms with Crippen LogP contribution in [0.3, 0.4) is 0 Å². The number of aryl methyl sites for hydroxylation is 1. The van der Waals surface area contributed by atoms with E-state index in [0.29, 0.717) is 19.4 Å². The number of carbonyl (C=O) groups is 2. The molecule has 1 aromatic rings. The second kappa shape index (κ2) is 6.55. The minimum atomic E-state index is -0.221. The SMILES string of the molecule is CCOC(=O)CCC1CCc2cc(OC)ccc2C1=O. The fourth-order valence-corrected chi connectivity index (χ4v) is 2.63. The Balaban J connectivity index is 2.02. The van der Waals surface area contributed by atoms with Gasteiger partial charge in [-0.25, -0.2) is 0 Å². The molecule has 2 rings (SSSR count). The van der Waals surface area contributed by atoms with Crippen LogP contribution in [-0.2, 0) is 16.0 Å². The maximum atomic E-state index is 12.4. The number of ketones is 1. The first-order valence-electron chi connectivity index (χ1n) is 7.02. The van der Waals surface area contributed by atoms with E-state index >= 15 is 0 Å². The predicted octanol–water partition coefficient (Wildman–Crippen LogP) is 2.78. The van der Waals surface area contributed by atoms with Crippen LogP contribution in [0.2, 0.25) is 0 Å². The number of esters is 1. The number of rotatable bonds is 5. The van der Waals surface area contributed by atoms with Crippen molar-refractivity contribution in [3.8, 4) is 5.75 Å². The quantitative estimate of drug-likeness (QED) is 0.776. The van der Waals surface area contributed by atoms with Gasteiger partial charge in [0.25, 0.3) is 0 Å². The fourth-order valence-electron chi connectivity index (χ4n) is 2.63. The number of hydrogen-bond acceptors (Lipinski definition) is 4. The highest BCUT2D eigenvalue weighted by Gasteiger charge is 2.27. The molecule has 4 heteroatoms. The van der Waals surface area contributed by atoms with Crippen LogP contribution in [0, 0.1) is 5.92 Å². The van der Waals surface area contributed by atoms with Crippen LogP contribution in [0.25, 0.3) is 0 Å². The molecule has 0 N–H and O–H groups in total. The number of Topliss-reactive ketones (excluding diaryl/α,β-unsaturated/α-hetero) is 1. The minimum Gasteiger partial charge on any atom is -0.497 e. The lowest BCUT2D eigenvalue weighted by molar-refractivity contribution is -0.143. The van der Waals surface area contributed by atoms with Gasteiger partial charge in [-0.3, -0.25) is 9.59 Å². The zero-order valence-corrected chi connectivity index (χ0v) is 12.0. The Kier molecular flexibility index (Phi) is 4.77. The van der Waals surface area contributed by atoms with E-state index in [1.54, 1.807) is 14.0 Å². The van der Waals surface area contributed by atoms with Gasteiger partial charge in [-0.2, -0.15) is 0 Å². The van der Waals surface area contributed by atoms with Crippen LogP contribution in [0.15, 0.2) is 18.2 Å². The van der Waals surface area contributed by atoms with Crippen LogP contribution in [0.5, 0.6) is 5.75 Å². The number of ether oxygens (including phenoxy) is 2. The molecule has 4 nitrogen and oxygen atoms in total. The van der Waals surface area contributed by atoms with E-state index in [4.69, 9.17) is 9.47 Å². The summed E-state index contributed by atoms with van der Waals surface area (Å²) in [5.74, 6) is 0.626. The van der Waals surface area contributed by atoms with Crippen LogP contribution >= 0.6 is 0 Å². The highest BCUT2D eigenvalue weighted by molar-refractivity contribution is 6.00. The van der Waals surface area contributed by atoms with Gasteiger partial charge in [0.2, 0.25) is 0 Å². The number of methoxy groups -OCH3 is 1. The van der Waals surface area contributed by atoms with Crippen molar-refractivity contribution in [3.63, 3.8) is 0 Å². The molecule has 0 amide bonds. The summed E-state index contributed by atoms with van der Waals surface area (Å²) in [6, 6.07) is 5.56. The molecule has 0 saturated carbocycles. The molecule has 0 radical (unpaired) electrons. The number of benzene rings is 1. The molecule has 20 heavy (non-hydrogen) atoms. The van der Waals surface area contributed by atoms with Crippen LogP contribution in [0.1, 0.15) is 42.1 Å². The molecule has 0 saturated heterocycles. The maximum Gasteiger partial charge on any atom is 0.305 e. The van der Waals surface area contributed by atoms with Crippen molar-refractivity contribution in [2.24, 2.45) is 5.92 Å². The van der Waals surface area contributed by atoms with Gasteiger partial charge in [0.05, 0.1) is 13.7 Å². The highest BCUT2D eigenvalue weighted by Crippen LogP contribution is 2.30. The van der Waals surface area contributed by atoms with E-state index in [2.05, 4.69) is 0 Å². The Bertz CT molecular complexity index is 507. The largest absolute Gasteiger partial charge is 0.497 e. The third-order valence-corrected chi connectivity index (χ3v) is 3.71.